The number of nitrogens with zero attached hydrogens (tertiary/aromatic N) is 4. The third-order valence-corrected chi connectivity index (χ3v) is 5.66. The van der Waals surface area contributed by atoms with Gasteiger partial charge in [-0.1, -0.05) is 24.4 Å². The molecule has 1 saturated carbocycles. The third-order valence-electron chi connectivity index (χ3n) is 5.66. The summed E-state index contributed by atoms with van der Waals surface area (Å²) >= 11 is 0. The van der Waals surface area contributed by atoms with E-state index in [1.54, 1.807) is 0 Å². The minimum absolute atomic E-state index is 0.0213. The van der Waals surface area contributed by atoms with Crippen LogP contribution in [0.2, 0.25) is 0 Å². The molecule has 152 valence electrons. The number of aryl methyl sites for hydroxylation is 1. The summed E-state index contributed by atoms with van der Waals surface area (Å²) in [5.74, 6) is -0.356. The number of hydrogen-bond acceptors (Lipinski definition) is 5. The number of amides is 1. The first kappa shape index (κ1) is 19.3. The monoisotopic (exact) mass is 398 g/mol. The second-order valence-electron chi connectivity index (χ2n) is 7.51. The summed E-state index contributed by atoms with van der Waals surface area (Å²) in [6.07, 6.45) is 7.21. The molecule has 0 unspecified atom stereocenters. The van der Waals surface area contributed by atoms with Crippen LogP contribution in [0.5, 0.6) is 0 Å². The van der Waals surface area contributed by atoms with E-state index >= 15 is 0 Å². The molecule has 7 nitrogen and oxygen atoms in total. The van der Waals surface area contributed by atoms with Gasteiger partial charge in [0.25, 0.3) is 11.3 Å². The lowest BCUT2D eigenvalue weighted by molar-refractivity contribution is -0.132. The van der Waals surface area contributed by atoms with Crippen LogP contribution in [-0.2, 0) is 11.3 Å². The lowest BCUT2D eigenvalue weighted by Crippen LogP contribution is -2.39. The van der Waals surface area contributed by atoms with Gasteiger partial charge in [-0.05, 0) is 37.1 Å². The third kappa shape index (κ3) is 3.92. The SMILES string of the molecule is CN(C(=O)CCn1cnc2onc(-c3ccc(F)cc3)c2c1=O)C1CCCCC1. The second-order valence-corrected chi connectivity index (χ2v) is 7.51. The summed E-state index contributed by atoms with van der Waals surface area (Å²) in [6, 6.07) is 5.95. The zero-order chi connectivity index (χ0) is 20.4. The van der Waals surface area contributed by atoms with Crippen LogP contribution in [0, 0.1) is 5.82 Å². The molecule has 29 heavy (non-hydrogen) atoms. The highest BCUT2D eigenvalue weighted by atomic mass is 19.1. The quantitative estimate of drug-likeness (QED) is 0.658. The predicted molar refractivity (Wildman–Crippen MR) is 106 cm³/mol. The molecule has 0 radical (unpaired) electrons. The Morgan fingerprint density at radius 3 is 2.69 bits per heavy atom. The molecular formula is C21H23FN4O3. The largest absolute Gasteiger partial charge is 0.343 e. The molecule has 8 heteroatoms. The molecule has 0 aliphatic heterocycles. The van der Waals surface area contributed by atoms with Gasteiger partial charge in [0.1, 0.15) is 23.2 Å². The molecular weight excluding hydrogens is 375 g/mol. The van der Waals surface area contributed by atoms with Gasteiger partial charge in [0.15, 0.2) is 0 Å². The lowest BCUT2D eigenvalue weighted by Gasteiger charge is -2.31. The fraction of sp³-hybridized carbons (Fsp3) is 0.429. The summed E-state index contributed by atoms with van der Waals surface area (Å²) in [6.45, 7) is 0.228. The van der Waals surface area contributed by atoms with Crippen LogP contribution < -0.4 is 5.56 Å². The Morgan fingerprint density at radius 1 is 1.24 bits per heavy atom. The summed E-state index contributed by atoms with van der Waals surface area (Å²) in [5, 5.41) is 4.16. The molecule has 0 N–H and O–H groups in total. The zero-order valence-corrected chi connectivity index (χ0v) is 16.3. The first-order valence-electron chi connectivity index (χ1n) is 9.91. The summed E-state index contributed by atoms with van der Waals surface area (Å²) in [5.41, 5.74) is 0.673. The van der Waals surface area contributed by atoms with E-state index in [0.29, 0.717) is 11.3 Å². The van der Waals surface area contributed by atoms with Crippen LogP contribution >= 0.6 is 0 Å². The normalized spacial score (nSPS) is 15.0. The maximum Gasteiger partial charge on any atom is 0.266 e. The number of fused-ring (bicyclic) bond motifs is 1. The predicted octanol–water partition coefficient (Wildman–Crippen LogP) is 3.37. The van der Waals surface area contributed by atoms with Gasteiger partial charge >= 0.3 is 0 Å². The van der Waals surface area contributed by atoms with E-state index in [9.17, 15) is 14.0 Å². The van der Waals surface area contributed by atoms with Crippen LogP contribution in [0.1, 0.15) is 38.5 Å². The molecule has 0 saturated heterocycles. The fourth-order valence-electron chi connectivity index (χ4n) is 3.91. The number of carbonyl (C=O) groups excluding carboxylic acids is 1. The maximum absolute atomic E-state index is 13.2. The van der Waals surface area contributed by atoms with Crippen molar-refractivity contribution in [1.29, 1.82) is 0 Å². The second kappa shape index (κ2) is 8.14. The van der Waals surface area contributed by atoms with Gasteiger partial charge < -0.3 is 9.42 Å². The van der Waals surface area contributed by atoms with Crippen molar-refractivity contribution < 1.29 is 13.7 Å². The van der Waals surface area contributed by atoms with Crippen molar-refractivity contribution >= 4 is 17.0 Å². The van der Waals surface area contributed by atoms with Crippen LogP contribution in [0.25, 0.3) is 22.4 Å². The van der Waals surface area contributed by atoms with E-state index in [1.807, 2.05) is 11.9 Å². The fourth-order valence-corrected chi connectivity index (χ4v) is 3.91. The van der Waals surface area contributed by atoms with Crippen LogP contribution in [0.3, 0.4) is 0 Å². The van der Waals surface area contributed by atoms with Gasteiger partial charge in [-0.15, -0.1) is 0 Å². The van der Waals surface area contributed by atoms with Crippen LogP contribution in [-0.4, -0.2) is 38.6 Å². The highest BCUT2D eigenvalue weighted by molar-refractivity contribution is 5.88. The van der Waals surface area contributed by atoms with Crippen LogP contribution in [0.4, 0.5) is 4.39 Å². The zero-order valence-electron chi connectivity index (χ0n) is 16.3. The highest BCUT2D eigenvalue weighted by Crippen LogP contribution is 2.25. The summed E-state index contributed by atoms with van der Waals surface area (Å²) in [7, 11) is 1.84. The smallest absolute Gasteiger partial charge is 0.266 e. The van der Waals surface area contributed by atoms with Crippen molar-refractivity contribution in [2.24, 2.45) is 0 Å². The number of carbonyl (C=O) groups is 1. The lowest BCUT2D eigenvalue weighted by atomic mass is 9.94. The molecule has 1 aliphatic rings. The average molecular weight is 398 g/mol. The van der Waals surface area contributed by atoms with E-state index in [0.717, 1.165) is 25.7 Å². The van der Waals surface area contributed by atoms with Gasteiger partial charge in [0, 0.05) is 31.6 Å². The van der Waals surface area contributed by atoms with Gasteiger partial charge in [0.2, 0.25) is 5.91 Å². The standard InChI is InChI=1S/C21H23FN4O3/c1-25(16-5-3-2-4-6-16)17(27)11-12-26-13-23-20-18(21(26)28)19(24-29-20)14-7-9-15(22)10-8-14/h7-10,13,16H,2-6,11-12H2,1H3. The van der Waals surface area contributed by atoms with Crippen LogP contribution in [0.15, 0.2) is 39.9 Å². The number of rotatable bonds is 5. The van der Waals surface area contributed by atoms with Crippen molar-refractivity contribution in [3.8, 4) is 11.3 Å². The van der Waals surface area contributed by atoms with E-state index < -0.39 is 0 Å². The Bertz CT molecular complexity index is 1070. The molecule has 2 aromatic heterocycles. The van der Waals surface area contributed by atoms with Gasteiger partial charge in [0.05, 0.1) is 0 Å². The van der Waals surface area contributed by atoms with Gasteiger partial charge in [-0.3, -0.25) is 14.2 Å². The number of halogens is 1. The van der Waals surface area contributed by atoms with E-state index in [1.165, 1.54) is 41.6 Å². The Labute approximate surface area is 167 Å². The Hall–Kier alpha value is -3.03. The summed E-state index contributed by atoms with van der Waals surface area (Å²) in [4.78, 5) is 31.5. The maximum atomic E-state index is 13.2. The first-order valence-corrected chi connectivity index (χ1v) is 9.91. The molecule has 0 atom stereocenters. The number of hydrogen-bond donors (Lipinski definition) is 0. The molecule has 0 bridgehead atoms. The number of aromatic nitrogens is 3. The molecule has 3 aromatic rings. The molecule has 1 aromatic carbocycles. The molecule has 0 spiro atoms. The molecule has 1 fully saturated rings. The first-order chi connectivity index (χ1) is 14.0. The minimum atomic E-state index is -0.377. The topological polar surface area (TPSA) is 81.2 Å². The van der Waals surface area contributed by atoms with Crippen molar-refractivity contribution in [2.75, 3.05) is 7.05 Å². The molecule has 4 rings (SSSR count). The van der Waals surface area contributed by atoms with Crippen molar-refractivity contribution in [3.63, 3.8) is 0 Å². The Morgan fingerprint density at radius 2 is 1.97 bits per heavy atom. The van der Waals surface area contributed by atoms with Crippen molar-refractivity contribution in [3.05, 3.63) is 46.8 Å². The number of benzene rings is 1. The Kier molecular flexibility index (Phi) is 5.42. The van der Waals surface area contributed by atoms with Crippen molar-refractivity contribution in [2.45, 2.75) is 51.1 Å². The molecule has 1 aliphatic carbocycles. The van der Waals surface area contributed by atoms with Gasteiger partial charge in [-0.2, -0.15) is 0 Å². The summed E-state index contributed by atoms with van der Waals surface area (Å²) < 4.78 is 19.8. The van der Waals surface area contributed by atoms with Crippen molar-refractivity contribution in [1.82, 2.24) is 19.6 Å². The van der Waals surface area contributed by atoms with E-state index in [-0.39, 0.29) is 47.4 Å². The highest BCUT2D eigenvalue weighted by Gasteiger charge is 2.22. The minimum Gasteiger partial charge on any atom is -0.343 e. The Balaban J connectivity index is 1.54. The molecule has 1 amide bonds. The average Bonchev–Trinajstić information content (AvgIpc) is 3.18. The van der Waals surface area contributed by atoms with E-state index in [4.69, 9.17) is 4.52 Å². The van der Waals surface area contributed by atoms with E-state index in [2.05, 4.69) is 10.1 Å². The van der Waals surface area contributed by atoms with Gasteiger partial charge in [-0.25, -0.2) is 9.37 Å². The molecule has 2 heterocycles.